The topological polar surface area (TPSA) is 108 Å². The smallest absolute Gasteiger partial charge is 0.331 e. The van der Waals surface area contributed by atoms with Crippen LogP contribution in [0, 0.1) is 20.2 Å². The number of nitro groups is 2. The number of hydrogen-bond acceptors (Lipinski definition) is 6. The number of nitrogens with zero attached hydrogens (tertiary/aromatic N) is 3. The summed E-state index contributed by atoms with van der Waals surface area (Å²) in [5.41, 5.74) is -0.542. The Balaban J connectivity index is 2.36. The molecule has 0 atom stereocenters. The molecule has 0 fully saturated rings. The molecule has 1 aromatic carbocycles. The average Bonchev–Trinajstić information content (AvgIpc) is 2.41. The Morgan fingerprint density at radius 2 is 1.90 bits per heavy atom. The van der Waals surface area contributed by atoms with Crippen LogP contribution in [0.1, 0.15) is 0 Å². The van der Waals surface area contributed by atoms with Crippen molar-refractivity contribution in [2.75, 3.05) is 0 Å². The fourth-order valence-corrected chi connectivity index (χ4v) is 1.60. The van der Waals surface area contributed by atoms with Gasteiger partial charge in [-0.05, 0) is 12.1 Å². The Morgan fingerprint density at radius 1 is 1.15 bits per heavy atom. The first kappa shape index (κ1) is 13.7. The molecule has 0 spiro atoms. The van der Waals surface area contributed by atoms with Gasteiger partial charge < -0.3 is 4.74 Å². The zero-order valence-electron chi connectivity index (χ0n) is 9.72. The summed E-state index contributed by atoms with van der Waals surface area (Å²) in [6.07, 6.45) is 1.32. The van der Waals surface area contributed by atoms with E-state index in [2.05, 4.69) is 4.98 Å². The lowest BCUT2D eigenvalue weighted by molar-refractivity contribution is -0.386. The Hall–Kier alpha value is -2.74. The summed E-state index contributed by atoms with van der Waals surface area (Å²) in [6.45, 7) is 0. The van der Waals surface area contributed by atoms with Crippen LogP contribution in [-0.2, 0) is 0 Å². The molecule has 0 aliphatic carbocycles. The third kappa shape index (κ3) is 2.81. The number of non-ortho nitro benzene ring substituents is 1. The Labute approximate surface area is 116 Å². The molecule has 2 aromatic rings. The van der Waals surface area contributed by atoms with E-state index in [0.29, 0.717) is 0 Å². The van der Waals surface area contributed by atoms with Gasteiger partial charge in [0.15, 0.2) is 0 Å². The Kier molecular flexibility index (Phi) is 3.76. The van der Waals surface area contributed by atoms with Crippen LogP contribution in [0.2, 0.25) is 5.02 Å². The first-order valence-electron chi connectivity index (χ1n) is 5.20. The van der Waals surface area contributed by atoms with Gasteiger partial charge >= 0.3 is 5.69 Å². The maximum absolute atomic E-state index is 10.8. The highest BCUT2D eigenvalue weighted by Gasteiger charge is 2.18. The maximum Gasteiger partial charge on any atom is 0.331 e. The highest BCUT2D eigenvalue weighted by Crippen LogP contribution is 2.34. The van der Waals surface area contributed by atoms with E-state index < -0.39 is 9.85 Å². The van der Waals surface area contributed by atoms with E-state index >= 15 is 0 Å². The molecule has 0 aliphatic rings. The molecule has 0 aliphatic heterocycles. The minimum Gasteiger partial charge on any atom is -0.432 e. The summed E-state index contributed by atoms with van der Waals surface area (Å²) >= 11 is 5.83. The number of rotatable bonds is 4. The molecule has 1 aromatic heterocycles. The fourth-order valence-electron chi connectivity index (χ4n) is 1.39. The van der Waals surface area contributed by atoms with Crippen LogP contribution < -0.4 is 4.74 Å². The van der Waals surface area contributed by atoms with Crippen molar-refractivity contribution in [3.63, 3.8) is 0 Å². The largest absolute Gasteiger partial charge is 0.432 e. The van der Waals surface area contributed by atoms with E-state index in [1.54, 1.807) is 0 Å². The molecule has 1 heterocycles. The number of halogens is 1. The van der Waals surface area contributed by atoms with Gasteiger partial charge in [-0.1, -0.05) is 11.6 Å². The lowest BCUT2D eigenvalue weighted by Crippen LogP contribution is -1.96. The molecule has 0 bridgehead atoms. The summed E-state index contributed by atoms with van der Waals surface area (Å²) in [5, 5.41) is 21.3. The molecule has 0 N–H and O–H groups in total. The van der Waals surface area contributed by atoms with Gasteiger partial charge in [0, 0.05) is 24.4 Å². The second kappa shape index (κ2) is 5.49. The summed E-state index contributed by atoms with van der Waals surface area (Å²) in [4.78, 5) is 23.8. The summed E-state index contributed by atoms with van der Waals surface area (Å²) in [5.74, 6) is -0.202. The van der Waals surface area contributed by atoms with Crippen LogP contribution in [0.25, 0.3) is 0 Å². The van der Waals surface area contributed by atoms with Gasteiger partial charge in [0.1, 0.15) is 5.75 Å². The van der Waals surface area contributed by atoms with Gasteiger partial charge in [0.25, 0.3) is 11.6 Å². The molecule has 9 heteroatoms. The summed E-state index contributed by atoms with van der Waals surface area (Å²) in [7, 11) is 0. The van der Waals surface area contributed by atoms with E-state index in [-0.39, 0.29) is 28.0 Å². The van der Waals surface area contributed by atoms with Crippen molar-refractivity contribution in [1.29, 1.82) is 0 Å². The molecular weight excluding hydrogens is 290 g/mol. The third-order valence-corrected chi connectivity index (χ3v) is 2.58. The van der Waals surface area contributed by atoms with Gasteiger partial charge in [0.05, 0.1) is 14.9 Å². The molecule has 0 unspecified atom stereocenters. The molecule has 2 rings (SSSR count). The number of benzene rings is 1. The number of hydrogen-bond donors (Lipinski definition) is 0. The predicted molar refractivity (Wildman–Crippen MR) is 69.1 cm³/mol. The molecule has 8 nitrogen and oxygen atoms in total. The van der Waals surface area contributed by atoms with Gasteiger partial charge in [0.2, 0.25) is 0 Å². The monoisotopic (exact) mass is 295 g/mol. The van der Waals surface area contributed by atoms with Gasteiger partial charge in [-0.25, -0.2) is 4.98 Å². The van der Waals surface area contributed by atoms with Crippen molar-refractivity contribution < 1.29 is 14.6 Å². The highest BCUT2D eigenvalue weighted by molar-refractivity contribution is 6.32. The number of aromatic nitrogens is 1. The zero-order valence-corrected chi connectivity index (χ0v) is 10.5. The van der Waals surface area contributed by atoms with Crippen LogP contribution >= 0.6 is 11.6 Å². The molecule has 0 amide bonds. The van der Waals surface area contributed by atoms with Crippen LogP contribution in [-0.4, -0.2) is 14.8 Å². The quantitative estimate of drug-likeness (QED) is 0.632. The van der Waals surface area contributed by atoms with E-state index in [4.69, 9.17) is 16.3 Å². The molecule has 0 radical (unpaired) electrons. The lowest BCUT2D eigenvalue weighted by atomic mass is 10.3. The fraction of sp³-hybridized carbons (Fsp3) is 0. The molecule has 0 saturated carbocycles. The van der Waals surface area contributed by atoms with Crippen molar-refractivity contribution >= 4 is 23.0 Å². The number of pyridine rings is 1. The number of ether oxygens (including phenoxy) is 1. The highest BCUT2D eigenvalue weighted by atomic mass is 35.5. The normalized spacial score (nSPS) is 10.1. The number of nitro benzene ring substituents is 1. The van der Waals surface area contributed by atoms with Crippen molar-refractivity contribution in [1.82, 2.24) is 4.98 Å². The first-order chi connectivity index (χ1) is 9.49. The SMILES string of the molecule is O=[N+]([O-])c1ccc(Oc2ncccc2[N+](=O)[O-])c(Cl)c1. The summed E-state index contributed by atoms with van der Waals surface area (Å²) < 4.78 is 5.23. The van der Waals surface area contributed by atoms with Crippen LogP contribution in [0.5, 0.6) is 11.6 Å². The minimum atomic E-state index is -0.651. The van der Waals surface area contributed by atoms with Crippen molar-refractivity contribution in [3.05, 3.63) is 61.8 Å². The molecule has 20 heavy (non-hydrogen) atoms. The second-order valence-electron chi connectivity index (χ2n) is 3.56. The van der Waals surface area contributed by atoms with E-state index in [1.165, 1.54) is 30.5 Å². The molecule has 102 valence electrons. The van der Waals surface area contributed by atoms with Gasteiger partial charge in [-0.15, -0.1) is 0 Å². The molecule has 0 saturated heterocycles. The van der Waals surface area contributed by atoms with Crippen LogP contribution in [0.4, 0.5) is 11.4 Å². The lowest BCUT2D eigenvalue weighted by Gasteiger charge is -2.06. The van der Waals surface area contributed by atoms with Crippen LogP contribution in [0.15, 0.2) is 36.5 Å². The minimum absolute atomic E-state index is 0.0408. The van der Waals surface area contributed by atoms with Gasteiger partial charge in [-0.2, -0.15) is 0 Å². The van der Waals surface area contributed by atoms with E-state index in [1.807, 2.05) is 0 Å². The van der Waals surface area contributed by atoms with E-state index in [0.717, 1.165) is 6.07 Å². The van der Waals surface area contributed by atoms with Crippen molar-refractivity contribution in [3.8, 4) is 11.6 Å². The van der Waals surface area contributed by atoms with E-state index in [9.17, 15) is 20.2 Å². The Bertz CT molecular complexity index is 692. The van der Waals surface area contributed by atoms with Crippen molar-refractivity contribution in [2.45, 2.75) is 0 Å². The van der Waals surface area contributed by atoms with Crippen LogP contribution in [0.3, 0.4) is 0 Å². The standard InChI is InChI=1S/C11H6ClN3O5/c12-8-6-7(14(16)17)3-4-10(8)20-11-9(15(18)19)2-1-5-13-11/h1-6H. The average molecular weight is 296 g/mol. The molecular formula is C11H6ClN3O5. The van der Waals surface area contributed by atoms with Crippen molar-refractivity contribution in [2.24, 2.45) is 0 Å². The summed E-state index contributed by atoms with van der Waals surface area (Å²) in [6, 6.07) is 6.13. The zero-order chi connectivity index (χ0) is 14.7. The first-order valence-corrected chi connectivity index (χ1v) is 5.58. The maximum atomic E-state index is 10.8. The third-order valence-electron chi connectivity index (χ3n) is 2.28. The van der Waals surface area contributed by atoms with Gasteiger partial charge in [-0.3, -0.25) is 20.2 Å². The second-order valence-corrected chi connectivity index (χ2v) is 3.97. The predicted octanol–water partition coefficient (Wildman–Crippen LogP) is 3.34. The Morgan fingerprint density at radius 3 is 2.50 bits per heavy atom.